The van der Waals surface area contributed by atoms with Crippen molar-refractivity contribution in [1.82, 2.24) is 21.3 Å². The van der Waals surface area contributed by atoms with Gasteiger partial charge in [0.2, 0.25) is 11.8 Å². The Morgan fingerprint density at radius 1 is 0.595 bits per heavy atom. The lowest BCUT2D eigenvalue weighted by molar-refractivity contribution is -0.297. The molecule has 0 unspecified atom stereocenters. The largest absolute Gasteiger partial charge is 0.390 e. The molecule has 0 aliphatic carbocycles. The Hall–Kier alpha value is -1.72. The molecule has 3 aliphatic rings. The molecule has 9 N–H and O–H groups in total. The van der Waals surface area contributed by atoms with Crippen molar-refractivity contribution in [3.8, 4) is 0 Å². The molecule has 0 spiro atoms. The van der Waals surface area contributed by atoms with Gasteiger partial charge in [0.1, 0.15) is 30.5 Å². The van der Waals surface area contributed by atoms with E-state index in [-0.39, 0.29) is 55.9 Å². The zero-order valence-corrected chi connectivity index (χ0v) is 47.8. The molecule has 3 saturated heterocycles. The molecule has 3 rings (SSSR count). The standard InChI is InChI=1S/C59H112N4O10S/c1-3-5-7-9-11-13-15-17-18-19-20-21-22-23-24-25-26-28-30-32-34-36-42-52(66)61-46(54(67)48(64)39-35-33-31-29-27-16-14-12-10-8-6-4-2)44-72-58-57(70)56(69)55(68)49(73-58)43-60-51(65)41-38-37-40-50-53-47(45-74-50)62-59(71)63-53/h46-50,53-58,64,67-70H,3-45H2,1-2H3,(H,60,65)(H,61,66)(H2,62,63,71)/t46-,47-,48+,49+,50-,53-,54-,55-,56-,57+,58-/m0/s1. The number of unbranched alkanes of at least 4 members (excludes halogenated alkanes) is 33. The molecule has 15 heteroatoms. The molecule has 14 nitrogen and oxygen atoms in total. The van der Waals surface area contributed by atoms with Crippen LogP contribution in [0.25, 0.3) is 0 Å². The lowest BCUT2D eigenvalue weighted by Gasteiger charge is -2.41. The summed E-state index contributed by atoms with van der Waals surface area (Å²) in [6.07, 6.45) is 36.0. The Morgan fingerprint density at radius 2 is 1.04 bits per heavy atom. The fourth-order valence-electron chi connectivity index (χ4n) is 11.0. The molecule has 3 heterocycles. The Bertz CT molecular complexity index is 1400. The van der Waals surface area contributed by atoms with Crippen LogP contribution in [-0.2, 0) is 19.1 Å². The number of aliphatic hydroxyl groups excluding tert-OH is 5. The fourth-order valence-corrected chi connectivity index (χ4v) is 12.6. The summed E-state index contributed by atoms with van der Waals surface area (Å²) in [4.78, 5) is 37.8. The number of rotatable bonds is 49. The number of nitrogens with one attached hydrogen (secondary N) is 4. The van der Waals surface area contributed by atoms with Crippen LogP contribution in [0, 0.1) is 0 Å². The third-order valence-electron chi connectivity index (χ3n) is 16.0. The molecule has 0 aromatic carbocycles. The summed E-state index contributed by atoms with van der Waals surface area (Å²) < 4.78 is 11.8. The molecule has 0 saturated carbocycles. The Morgan fingerprint density at radius 3 is 1.54 bits per heavy atom. The van der Waals surface area contributed by atoms with E-state index in [2.05, 4.69) is 35.1 Å². The third-order valence-corrected chi connectivity index (χ3v) is 17.5. The van der Waals surface area contributed by atoms with Gasteiger partial charge in [-0.05, 0) is 25.7 Å². The van der Waals surface area contributed by atoms with Crippen molar-refractivity contribution >= 4 is 29.6 Å². The number of urea groups is 1. The summed E-state index contributed by atoms with van der Waals surface area (Å²) in [5.41, 5.74) is 0. The van der Waals surface area contributed by atoms with Crippen LogP contribution in [0.3, 0.4) is 0 Å². The number of ether oxygens (including phenoxy) is 2. The molecular weight excluding hydrogens is 957 g/mol. The fraction of sp³-hybridized carbons (Fsp3) is 0.949. The van der Waals surface area contributed by atoms with Gasteiger partial charge in [-0.2, -0.15) is 11.8 Å². The van der Waals surface area contributed by atoms with Crippen molar-refractivity contribution in [2.24, 2.45) is 0 Å². The maximum atomic E-state index is 13.3. The van der Waals surface area contributed by atoms with E-state index in [1.54, 1.807) is 0 Å². The topological polar surface area (TPSA) is 219 Å². The van der Waals surface area contributed by atoms with Crippen molar-refractivity contribution in [3.63, 3.8) is 0 Å². The first kappa shape index (κ1) is 66.6. The summed E-state index contributed by atoms with van der Waals surface area (Å²) in [5, 5.41) is 67.0. The van der Waals surface area contributed by atoms with Crippen molar-refractivity contribution in [2.75, 3.05) is 18.9 Å². The average Bonchev–Trinajstić information content (AvgIpc) is 3.96. The summed E-state index contributed by atoms with van der Waals surface area (Å²) in [6.45, 7) is 4.06. The van der Waals surface area contributed by atoms with Gasteiger partial charge < -0.3 is 56.3 Å². The molecule has 0 bridgehead atoms. The number of thioether (sulfide) groups is 1. The second kappa shape index (κ2) is 43.2. The molecule has 11 atom stereocenters. The number of hydrogen-bond acceptors (Lipinski definition) is 11. The number of carbonyl (C=O) groups is 3. The van der Waals surface area contributed by atoms with E-state index in [0.29, 0.717) is 24.5 Å². The van der Waals surface area contributed by atoms with Crippen LogP contribution in [0.1, 0.15) is 271 Å². The van der Waals surface area contributed by atoms with Gasteiger partial charge in [-0.25, -0.2) is 4.79 Å². The second-order valence-corrected chi connectivity index (χ2v) is 23.9. The summed E-state index contributed by atoms with van der Waals surface area (Å²) >= 11 is 1.83. The molecule has 0 aromatic heterocycles. The molecule has 434 valence electrons. The predicted octanol–water partition coefficient (Wildman–Crippen LogP) is 10.9. The Kier molecular flexibility index (Phi) is 38.9. The van der Waals surface area contributed by atoms with Crippen molar-refractivity contribution in [3.05, 3.63) is 0 Å². The number of aliphatic hydroxyl groups is 5. The summed E-state index contributed by atoms with van der Waals surface area (Å²) in [5.74, 6) is 0.365. The number of carbonyl (C=O) groups excluding carboxylic acids is 3. The van der Waals surface area contributed by atoms with E-state index < -0.39 is 49.0 Å². The maximum Gasteiger partial charge on any atom is 0.315 e. The van der Waals surface area contributed by atoms with Crippen LogP contribution < -0.4 is 21.3 Å². The lowest BCUT2D eigenvalue weighted by Crippen LogP contribution is -2.61. The molecule has 0 radical (unpaired) electrons. The molecule has 74 heavy (non-hydrogen) atoms. The van der Waals surface area contributed by atoms with Crippen LogP contribution in [0.2, 0.25) is 0 Å². The monoisotopic (exact) mass is 1070 g/mol. The zero-order valence-electron chi connectivity index (χ0n) is 46.9. The van der Waals surface area contributed by atoms with Gasteiger partial charge in [0.15, 0.2) is 6.29 Å². The summed E-state index contributed by atoms with van der Waals surface area (Å²) in [7, 11) is 0. The lowest BCUT2D eigenvalue weighted by atomic mass is 9.98. The third kappa shape index (κ3) is 29.9. The van der Waals surface area contributed by atoms with Crippen LogP contribution >= 0.6 is 11.8 Å². The minimum absolute atomic E-state index is 0.111. The van der Waals surface area contributed by atoms with Gasteiger partial charge in [-0.1, -0.05) is 232 Å². The van der Waals surface area contributed by atoms with E-state index in [9.17, 15) is 39.9 Å². The van der Waals surface area contributed by atoms with E-state index in [1.165, 1.54) is 167 Å². The highest BCUT2D eigenvalue weighted by molar-refractivity contribution is 8.00. The quantitative estimate of drug-likeness (QED) is 0.0206. The van der Waals surface area contributed by atoms with Crippen LogP contribution in [0.15, 0.2) is 0 Å². The van der Waals surface area contributed by atoms with E-state index in [4.69, 9.17) is 9.47 Å². The molecule has 0 aromatic rings. The van der Waals surface area contributed by atoms with Crippen molar-refractivity contribution in [1.29, 1.82) is 0 Å². The maximum absolute atomic E-state index is 13.3. The molecule has 4 amide bonds. The molecule has 3 fully saturated rings. The highest BCUT2D eigenvalue weighted by atomic mass is 32.2. The van der Waals surface area contributed by atoms with Crippen molar-refractivity contribution < 1.29 is 49.4 Å². The van der Waals surface area contributed by atoms with Crippen LogP contribution in [0.4, 0.5) is 4.79 Å². The van der Waals surface area contributed by atoms with Gasteiger partial charge in [-0.15, -0.1) is 0 Å². The van der Waals surface area contributed by atoms with Gasteiger partial charge in [-0.3, -0.25) is 9.59 Å². The Labute approximate surface area is 454 Å². The zero-order chi connectivity index (χ0) is 53.4. The number of fused-ring (bicyclic) bond motifs is 1. The first-order chi connectivity index (χ1) is 36.0. The van der Waals surface area contributed by atoms with Crippen molar-refractivity contribution in [2.45, 2.75) is 337 Å². The second-order valence-electron chi connectivity index (χ2n) is 22.6. The first-order valence-electron chi connectivity index (χ1n) is 31.0. The van der Waals surface area contributed by atoms with E-state index in [0.717, 1.165) is 63.5 Å². The van der Waals surface area contributed by atoms with Gasteiger partial charge in [0.25, 0.3) is 0 Å². The first-order valence-corrected chi connectivity index (χ1v) is 32.0. The predicted molar refractivity (Wildman–Crippen MR) is 301 cm³/mol. The molecule has 3 aliphatic heterocycles. The smallest absolute Gasteiger partial charge is 0.315 e. The van der Waals surface area contributed by atoms with Gasteiger partial charge in [0.05, 0.1) is 30.8 Å². The van der Waals surface area contributed by atoms with Gasteiger partial charge >= 0.3 is 6.03 Å². The van der Waals surface area contributed by atoms with Crippen LogP contribution in [0.5, 0.6) is 0 Å². The number of hydrogen-bond donors (Lipinski definition) is 9. The van der Waals surface area contributed by atoms with Gasteiger partial charge in [0, 0.05) is 30.4 Å². The van der Waals surface area contributed by atoms with Crippen LogP contribution in [-0.4, -0.2) is 129 Å². The minimum atomic E-state index is -1.65. The highest BCUT2D eigenvalue weighted by Crippen LogP contribution is 2.33. The molecular formula is C59H112N4O10S. The Balaban J connectivity index is 1.35. The minimum Gasteiger partial charge on any atom is -0.390 e. The average molecular weight is 1070 g/mol. The number of amides is 4. The van der Waals surface area contributed by atoms with E-state index in [1.807, 2.05) is 11.8 Å². The SMILES string of the molecule is CCCCCCCCCCCCCCCCCCCCCCCCC(=O)N[C@@H](CO[C@H]1O[C@H](CNC(=O)CCCC[C@@H]2SC[C@@H]3NC(=O)N[C@@H]32)[C@H](O)[C@H](O)[C@H]1O)[C@H](O)[C@H](O)CCCCCCCCCCCCCC. The highest BCUT2D eigenvalue weighted by Gasteiger charge is 2.45. The normalized spacial score (nSPS) is 23.8. The van der Waals surface area contributed by atoms with E-state index >= 15 is 0 Å². The summed E-state index contributed by atoms with van der Waals surface area (Å²) in [6, 6.07) is -0.887.